The maximum atomic E-state index is 5.65. The van der Waals surface area contributed by atoms with E-state index < -0.39 is 0 Å². The van der Waals surface area contributed by atoms with Crippen molar-refractivity contribution in [1.29, 1.82) is 0 Å². The molecule has 2 rings (SSSR count). The average Bonchev–Trinajstić information content (AvgIpc) is 2.53. The highest BCUT2D eigenvalue weighted by atomic mass is 16.5. The molecule has 0 radical (unpaired) electrons. The fraction of sp³-hybridized carbons (Fsp3) is 0.667. The van der Waals surface area contributed by atoms with Crippen LogP contribution in [0.2, 0.25) is 0 Å². The second kappa shape index (κ2) is 8.40. The van der Waals surface area contributed by atoms with Crippen LogP contribution in [0.25, 0.3) is 0 Å². The Morgan fingerprint density at radius 3 is 2.71 bits per heavy atom. The second-order valence-electron chi connectivity index (χ2n) is 6.25. The zero-order valence-electron chi connectivity index (χ0n) is 13.8. The van der Waals surface area contributed by atoms with Crippen molar-refractivity contribution in [3.8, 4) is 5.75 Å². The molecule has 0 amide bonds. The molecule has 1 heterocycles. The Labute approximate surface area is 129 Å². The minimum atomic E-state index is 0.451. The molecule has 1 aromatic rings. The van der Waals surface area contributed by atoms with Crippen molar-refractivity contribution in [2.24, 2.45) is 5.92 Å². The van der Waals surface area contributed by atoms with Crippen molar-refractivity contribution in [2.45, 2.75) is 39.2 Å². The van der Waals surface area contributed by atoms with Crippen molar-refractivity contribution >= 4 is 0 Å². The van der Waals surface area contributed by atoms with Crippen LogP contribution in [-0.2, 0) is 0 Å². The fourth-order valence-corrected chi connectivity index (χ4v) is 2.96. The molecule has 1 saturated heterocycles. The molecule has 1 fully saturated rings. The number of nitrogens with one attached hydrogen (secondary N) is 1. The van der Waals surface area contributed by atoms with E-state index in [4.69, 9.17) is 4.74 Å². The molecule has 0 aromatic heterocycles. The normalized spacial score (nSPS) is 20.5. The minimum absolute atomic E-state index is 0.451. The quantitative estimate of drug-likeness (QED) is 0.832. The van der Waals surface area contributed by atoms with E-state index in [0.29, 0.717) is 6.04 Å². The maximum absolute atomic E-state index is 5.65. The van der Waals surface area contributed by atoms with Crippen LogP contribution in [0.4, 0.5) is 0 Å². The van der Waals surface area contributed by atoms with Crippen LogP contribution in [0.3, 0.4) is 0 Å². The van der Waals surface area contributed by atoms with Gasteiger partial charge in [0.1, 0.15) is 5.75 Å². The highest BCUT2D eigenvalue weighted by molar-refractivity contribution is 5.29. The lowest BCUT2D eigenvalue weighted by atomic mass is 9.98. The monoisotopic (exact) mass is 290 g/mol. The van der Waals surface area contributed by atoms with Gasteiger partial charge in [0.2, 0.25) is 0 Å². The summed E-state index contributed by atoms with van der Waals surface area (Å²) in [6, 6.07) is 9.04. The van der Waals surface area contributed by atoms with E-state index in [0.717, 1.165) is 24.7 Å². The third kappa shape index (κ3) is 5.01. The summed E-state index contributed by atoms with van der Waals surface area (Å²) >= 11 is 0. The predicted molar refractivity (Wildman–Crippen MR) is 88.9 cm³/mol. The van der Waals surface area contributed by atoms with E-state index in [9.17, 15) is 0 Å². The molecule has 3 nitrogen and oxygen atoms in total. The Bertz CT molecular complexity index is 398. The maximum Gasteiger partial charge on any atom is 0.119 e. The number of ether oxygens (including phenoxy) is 1. The van der Waals surface area contributed by atoms with Gasteiger partial charge in [-0.15, -0.1) is 0 Å². The highest BCUT2D eigenvalue weighted by Gasteiger charge is 2.18. The molecule has 2 unspecified atom stereocenters. The molecule has 2 atom stereocenters. The average molecular weight is 290 g/mol. The van der Waals surface area contributed by atoms with Gasteiger partial charge in [0.15, 0.2) is 0 Å². The van der Waals surface area contributed by atoms with Crippen molar-refractivity contribution in [3.63, 3.8) is 0 Å². The highest BCUT2D eigenvalue weighted by Crippen LogP contribution is 2.23. The Kier molecular flexibility index (Phi) is 6.52. The molecule has 1 aliphatic rings. The third-order valence-corrected chi connectivity index (χ3v) is 4.44. The molecule has 0 saturated carbocycles. The molecule has 1 N–H and O–H groups in total. The molecule has 3 heteroatoms. The summed E-state index contributed by atoms with van der Waals surface area (Å²) in [7, 11) is 2.24. The van der Waals surface area contributed by atoms with Crippen molar-refractivity contribution in [2.75, 3.05) is 33.3 Å². The standard InChI is InChI=1S/C18H30N2O/c1-4-12-21-18-9-7-17(8-10-18)15(2)20(3)14-16-6-5-11-19-13-16/h7-10,15-16,19H,4-6,11-14H2,1-3H3. The van der Waals surface area contributed by atoms with E-state index in [1.807, 2.05) is 0 Å². The predicted octanol–water partition coefficient (Wildman–Crippen LogP) is 3.47. The van der Waals surface area contributed by atoms with Gasteiger partial charge in [0, 0.05) is 12.6 Å². The number of hydrogen-bond acceptors (Lipinski definition) is 3. The minimum Gasteiger partial charge on any atom is -0.494 e. The van der Waals surface area contributed by atoms with E-state index in [2.05, 4.69) is 55.4 Å². The van der Waals surface area contributed by atoms with Crippen LogP contribution in [-0.4, -0.2) is 38.2 Å². The number of hydrogen-bond donors (Lipinski definition) is 1. The van der Waals surface area contributed by atoms with Crippen molar-refractivity contribution in [1.82, 2.24) is 10.2 Å². The van der Waals surface area contributed by atoms with Gasteiger partial charge in [-0.2, -0.15) is 0 Å². The first kappa shape index (κ1) is 16.3. The lowest BCUT2D eigenvalue weighted by Crippen LogP contribution is -2.37. The topological polar surface area (TPSA) is 24.5 Å². The zero-order valence-corrected chi connectivity index (χ0v) is 13.8. The second-order valence-corrected chi connectivity index (χ2v) is 6.25. The number of nitrogens with zero attached hydrogens (tertiary/aromatic N) is 1. The number of benzene rings is 1. The number of rotatable bonds is 7. The van der Waals surface area contributed by atoms with Gasteiger partial charge in [-0.25, -0.2) is 0 Å². The van der Waals surface area contributed by atoms with Crippen molar-refractivity contribution in [3.05, 3.63) is 29.8 Å². The van der Waals surface area contributed by atoms with Crippen LogP contribution in [0.15, 0.2) is 24.3 Å². The smallest absolute Gasteiger partial charge is 0.119 e. The van der Waals surface area contributed by atoms with Crippen LogP contribution >= 0.6 is 0 Å². The first-order valence-corrected chi connectivity index (χ1v) is 8.34. The van der Waals surface area contributed by atoms with Gasteiger partial charge in [0.05, 0.1) is 6.61 Å². The summed E-state index contributed by atoms with van der Waals surface area (Å²) in [5.41, 5.74) is 1.37. The van der Waals surface area contributed by atoms with Crippen LogP contribution < -0.4 is 10.1 Å². The Hall–Kier alpha value is -1.06. The Morgan fingerprint density at radius 1 is 1.33 bits per heavy atom. The largest absolute Gasteiger partial charge is 0.494 e. The Morgan fingerprint density at radius 2 is 2.10 bits per heavy atom. The first-order chi connectivity index (χ1) is 10.2. The molecule has 0 spiro atoms. The fourth-order valence-electron chi connectivity index (χ4n) is 2.96. The SMILES string of the molecule is CCCOc1ccc(C(C)N(C)CC2CCCNC2)cc1. The lowest BCUT2D eigenvalue weighted by Gasteiger charge is -2.31. The molecule has 0 bridgehead atoms. The van der Waals surface area contributed by atoms with Gasteiger partial charge in [-0.3, -0.25) is 4.90 Å². The molecular weight excluding hydrogens is 260 g/mol. The van der Waals surface area contributed by atoms with E-state index in [-0.39, 0.29) is 0 Å². The van der Waals surface area contributed by atoms with E-state index in [1.54, 1.807) is 0 Å². The van der Waals surface area contributed by atoms with E-state index in [1.165, 1.54) is 38.0 Å². The van der Waals surface area contributed by atoms with Gasteiger partial charge in [0.25, 0.3) is 0 Å². The molecule has 21 heavy (non-hydrogen) atoms. The molecule has 1 aliphatic heterocycles. The van der Waals surface area contributed by atoms with E-state index >= 15 is 0 Å². The number of piperidine rings is 1. The summed E-state index contributed by atoms with van der Waals surface area (Å²) in [6.07, 6.45) is 3.72. The third-order valence-electron chi connectivity index (χ3n) is 4.44. The summed E-state index contributed by atoms with van der Waals surface area (Å²) < 4.78 is 5.65. The summed E-state index contributed by atoms with van der Waals surface area (Å²) in [5.74, 6) is 1.77. The van der Waals surface area contributed by atoms with Gasteiger partial charge >= 0.3 is 0 Å². The first-order valence-electron chi connectivity index (χ1n) is 8.34. The lowest BCUT2D eigenvalue weighted by molar-refractivity contribution is 0.199. The summed E-state index contributed by atoms with van der Waals surface area (Å²) in [5, 5.41) is 3.50. The molecule has 118 valence electrons. The van der Waals surface area contributed by atoms with Crippen molar-refractivity contribution < 1.29 is 4.74 Å². The van der Waals surface area contributed by atoms with Gasteiger partial charge in [-0.05, 0) is 69.9 Å². The van der Waals surface area contributed by atoms with Crippen LogP contribution in [0.1, 0.15) is 44.7 Å². The summed E-state index contributed by atoms with van der Waals surface area (Å²) in [6.45, 7) is 8.74. The molecule has 0 aliphatic carbocycles. The zero-order chi connectivity index (χ0) is 15.1. The van der Waals surface area contributed by atoms with Crippen LogP contribution in [0.5, 0.6) is 5.75 Å². The molecule has 1 aromatic carbocycles. The molecular formula is C18H30N2O. The summed E-state index contributed by atoms with van der Waals surface area (Å²) in [4.78, 5) is 2.47. The van der Waals surface area contributed by atoms with Crippen LogP contribution in [0, 0.1) is 5.92 Å². The van der Waals surface area contributed by atoms with Gasteiger partial charge < -0.3 is 10.1 Å². The Balaban J connectivity index is 1.87. The van der Waals surface area contributed by atoms with Gasteiger partial charge in [-0.1, -0.05) is 19.1 Å².